The van der Waals surface area contributed by atoms with E-state index in [-0.39, 0.29) is 6.04 Å². The number of urea groups is 1. The zero-order valence-electron chi connectivity index (χ0n) is 11.4. The molecule has 1 aromatic heterocycles. The van der Waals surface area contributed by atoms with Crippen LogP contribution in [0.1, 0.15) is 18.0 Å². The van der Waals surface area contributed by atoms with Crippen molar-refractivity contribution in [3.05, 3.63) is 46.9 Å². The molecule has 0 aliphatic heterocycles. The number of para-hydroxylation sites is 1. The summed E-state index contributed by atoms with van der Waals surface area (Å²) in [6.45, 7) is 1.40. The summed E-state index contributed by atoms with van der Waals surface area (Å²) in [4.78, 5) is 28.6. The number of aromatic nitrogens is 1. The molecule has 0 saturated carbocycles. The molecule has 110 valence electrons. The van der Waals surface area contributed by atoms with Crippen molar-refractivity contribution in [2.75, 3.05) is 11.4 Å². The number of aliphatic carboxylic acids is 1. The van der Waals surface area contributed by atoms with Crippen molar-refractivity contribution in [2.45, 2.75) is 13.0 Å². The quantitative estimate of drug-likeness (QED) is 0.889. The molecule has 1 aromatic carbocycles. The molecule has 6 nitrogen and oxygen atoms in total. The van der Waals surface area contributed by atoms with Crippen LogP contribution in [0.3, 0.4) is 0 Å². The highest BCUT2D eigenvalue weighted by Gasteiger charge is 2.21. The largest absolute Gasteiger partial charge is 0.480 e. The van der Waals surface area contributed by atoms with Crippen molar-refractivity contribution >= 4 is 29.0 Å². The van der Waals surface area contributed by atoms with Gasteiger partial charge in [-0.15, -0.1) is 11.3 Å². The third kappa shape index (κ3) is 4.03. The number of hydrogen-bond acceptors (Lipinski definition) is 4. The van der Waals surface area contributed by atoms with Crippen molar-refractivity contribution < 1.29 is 14.7 Å². The fourth-order valence-corrected chi connectivity index (χ4v) is 2.44. The van der Waals surface area contributed by atoms with Gasteiger partial charge in [-0.2, -0.15) is 0 Å². The van der Waals surface area contributed by atoms with Gasteiger partial charge in [-0.05, 0) is 19.1 Å². The topological polar surface area (TPSA) is 82.5 Å². The van der Waals surface area contributed by atoms with Crippen LogP contribution in [-0.4, -0.2) is 28.6 Å². The highest BCUT2D eigenvalue weighted by molar-refractivity contribution is 7.09. The summed E-state index contributed by atoms with van der Waals surface area (Å²) in [5.41, 5.74) is 0.531. The van der Waals surface area contributed by atoms with Crippen LogP contribution in [0, 0.1) is 0 Å². The molecule has 0 aliphatic rings. The van der Waals surface area contributed by atoms with Crippen LogP contribution >= 0.6 is 11.3 Å². The number of nitrogens with zero attached hydrogens (tertiary/aromatic N) is 2. The van der Waals surface area contributed by atoms with Gasteiger partial charge in [0.05, 0.1) is 6.04 Å². The molecule has 1 heterocycles. The van der Waals surface area contributed by atoms with Gasteiger partial charge in [-0.25, -0.2) is 9.78 Å². The van der Waals surface area contributed by atoms with E-state index in [9.17, 15) is 9.59 Å². The van der Waals surface area contributed by atoms with E-state index in [0.717, 1.165) is 5.01 Å². The van der Waals surface area contributed by atoms with E-state index in [1.54, 1.807) is 43.5 Å². The van der Waals surface area contributed by atoms with Crippen LogP contribution in [-0.2, 0) is 4.79 Å². The molecule has 2 N–H and O–H groups in total. The predicted molar refractivity (Wildman–Crippen MR) is 80.5 cm³/mol. The zero-order chi connectivity index (χ0) is 15.2. The molecule has 0 aliphatic carbocycles. The first-order chi connectivity index (χ1) is 10.1. The van der Waals surface area contributed by atoms with Gasteiger partial charge in [0.2, 0.25) is 0 Å². The first kappa shape index (κ1) is 15.0. The molecule has 2 aromatic rings. The van der Waals surface area contributed by atoms with Gasteiger partial charge in [-0.1, -0.05) is 18.2 Å². The molecule has 0 saturated heterocycles. The fraction of sp³-hybridized carbons (Fsp3) is 0.214. The van der Waals surface area contributed by atoms with Crippen molar-refractivity contribution in [1.82, 2.24) is 10.3 Å². The summed E-state index contributed by atoms with van der Waals surface area (Å²) in [5.74, 6) is -1.07. The van der Waals surface area contributed by atoms with Crippen LogP contribution in [0.2, 0.25) is 0 Å². The molecule has 0 bridgehead atoms. The Balaban J connectivity index is 2.13. The normalized spacial score (nSPS) is 11.7. The fourth-order valence-electron chi connectivity index (χ4n) is 1.80. The first-order valence-electron chi connectivity index (χ1n) is 6.32. The van der Waals surface area contributed by atoms with Crippen LogP contribution in [0.15, 0.2) is 41.9 Å². The van der Waals surface area contributed by atoms with E-state index >= 15 is 0 Å². The van der Waals surface area contributed by atoms with E-state index in [2.05, 4.69) is 10.3 Å². The number of hydrogen-bond donors (Lipinski definition) is 2. The van der Waals surface area contributed by atoms with Gasteiger partial charge in [-0.3, -0.25) is 9.69 Å². The van der Waals surface area contributed by atoms with Gasteiger partial charge >= 0.3 is 12.0 Å². The average molecular weight is 305 g/mol. The number of carbonyl (C=O) groups is 2. The van der Waals surface area contributed by atoms with E-state index in [4.69, 9.17) is 5.11 Å². The van der Waals surface area contributed by atoms with Crippen LogP contribution in [0.5, 0.6) is 0 Å². The summed E-state index contributed by atoms with van der Waals surface area (Å²) < 4.78 is 0. The van der Waals surface area contributed by atoms with Gasteiger partial charge in [0, 0.05) is 17.3 Å². The molecular formula is C14H15N3O3S. The van der Waals surface area contributed by atoms with Crippen LogP contribution in [0.25, 0.3) is 0 Å². The second kappa shape index (κ2) is 6.85. The molecule has 1 unspecified atom stereocenters. The molecule has 0 spiro atoms. The minimum atomic E-state index is -1.07. The average Bonchev–Trinajstić information content (AvgIpc) is 2.99. The minimum Gasteiger partial charge on any atom is -0.480 e. The molecule has 7 heteroatoms. The number of thiazole rings is 1. The monoisotopic (exact) mass is 305 g/mol. The number of amides is 2. The van der Waals surface area contributed by atoms with Gasteiger partial charge < -0.3 is 10.4 Å². The Morgan fingerprint density at radius 3 is 2.67 bits per heavy atom. The van der Waals surface area contributed by atoms with Gasteiger partial charge in [0.1, 0.15) is 11.6 Å². The molecule has 21 heavy (non-hydrogen) atoms. The Bertz CT molecular complexity index is 601. The number of carboxylic acid groups (broad SMARTS) is 1. The molecular weight excluding hydrogens is 290 g/mol. The number of anilines is 1. The Labute approximate surface area is 126 Å². The van der Waals surface area contributed by atoms with E-state index in [1.165, 1.54) is 16.2 Å². The third-order valence-electron chi connectivity index (χ3n) is 2.77. The number of benzene rings is 1. The maximum atomic E-state index is 12.3. The third-order valence-corrected chi connectivity index (χ3v) is 3.73. The van der Waals surface area contributed by atoms with Crippen molar-refractivity contribution in [3.8, 4) is 0 Å². The first-order valence-corrected chi connectivity index (χ1v) is 7.20. The maximum Gasteiger partial charge on any atom is 0.323 e. The van der Waals surface area contributed by atoms with Crippen LogP contribution in [0.4, 0.5) is 10.5 Å². The molecule has 0 radical (unpaired) electrons. The van der Waals surface area contributed by atoms with E-state index < -0.39 is 18.5 Å². The predicted octanol–water partition coefficient (Wildman–Crippen LogP) is 2.50. The number of carboxylic acids is 1. The zero-order valence-corrected chi connectivity index (χ0v) is 12.2. The van der Waals surface area contributed by atoms with Crippen molar-refractivity contribution in [2.24, 2.45) is 0 Å². The second-order valence-electron chi connectivity index (χ2n) is 4.36. The number of rotatable bonds is 5. The van der Waals surface area contributed by atoms with Crippen LogP contribution < -0.4 is 10.2 Å². The number of carbonyl (C=O) groups excluding carboxylic acids is 1. The Morgan fingerprint density at radius 1 is 1.38 bits per heavy atom. The molecule has 1 atom stereocenters. The maximum absolute atomic E-state index is 12.3. The lowest BCUT2D eigenvalue weighted by Crippen LogP contribution is -2.43. The lowest BCUT2D eigenvalue weighted by molar-refractivity contribution is -0.135. The van der Waals surface area contributed by atoms with Gasteiger partial charge in [0.25, 0.3) is 0 Å². The smallest absolute Gasteiger partial charge is 0.323 e. The molecule has 2 amide bonds. The summed E-state index contributed by atoms with van der Waals surface area (Å²) in [5, 5.41) is 14.3. The van der Waals surface area contributed by atoms with E-state index in [1.807, 2.05) is 5.38 Å². The van der Waals surface area contributed by atoms with E-state index in [0.29, 0.717) is 5.69 Å². The summed E-state index contributed by atoms with van der Waals surface area (Å²) in [6.07, 6.45) is 1.66. The summed E-state index contributed by atoms with van der Waals surface area (Å²) in [7, 11) is 0. The second-order valence-corrected chi connectivity index (χ2v) is 5.28. The van der Waals surface area contributed by atoms with Crippen molar-refractivity contribution in [1.29, 1.82) is 0 Å². The Hall–Kier alpha value is -2.41. The minimum absolute atomic E-state index is 0.280. The highest BCUT2D eigenvalue weighted by Crippen LogP contribution is 2.17. The standard InChI is InChI=1S/C14H15N3O3S/c1-10(13-15-7-8-21-13)16-14(20)17(9-12(18)19)11-5-3-2-4-6-11/h2-8,10H,9H2,1H3,(H,16,20)(H,18,19). The van der Waals surface area contributed by atoms with Gasteiger partial charge in [0.15, 0.2) is 0 Å². The number of nitrogens with one attached hydrogen (secondary N) is 1. The Morgan fingerprint density at radius 2 is 2.10 bits per heavy atom. The lowest BCUT2D eigenvalue weighted by Gasteiger charge is -2.23. The lowest BCUT2D eigenvalue weighted by atomic mass is 10.3. The molecule has 0 fully saturated rings. The van der Waals surface area contributed by atoms with Crippen molar-refractivity contribution in [3.63, 3.8) is 0 Å². The Kier molecular flexibility index (Phi) is 4.89. The summed E-state index contributed by atoms with van der Waals surface area (Å²) in [6, 6.07) is 7.94. The highest BCUT2D eigenvalue weighted by atomic mass is 32.1. The molecule has 2 rings (SSSR count). The summed E-state index contributed by atoms with van der Waals surface area (Å²) >= 11 is 1.43. The SMILES string of the molecule is CC(NC(=O)N(CC(=O)O)c1ccccc1)c1nccs1.